The zero-order valence-corrected chi connectivity index (χ0v) is 14.1. The molecule has 24 heavy (non-hydrogen) atoms. The highest BCUT2D eigenvalue weighted by atomic mass is 16.5. The van der Waals surface area contributed by atoms with Gasteiger partial charge < -0.3 is 14.7 Å². The summed E-state index contributed by atoms with van der Waals surface area (Å²) in [6, 6.07) is 7.97. The van der Waals surface area contributed by atoms with Crippen molar-refractivity contribution in [2.45, 2.75) is 38.0 Å². The summed E-state index contributed by atoms with van der Waals surface area (Å²) in [5.41, 5.74) is 1.17. The monoisotopic (exact) mass is 331 g/mol. The van der Waals surface area contributed by atoms with E-state index in [0.717, 1.165) is 31.6 Å². The summed E-state index contributed by atoms with van der Waals surface area (Å²) in [5, 5.41) is 8.83. The lowest BCUT2D eigenvalue weighted by molar-refractivity contribution is -0.137. The van der Waals surface area contributed by atoms with E-state index in [1.807, 2.05) is 23.1 Å². The average molecular weight is 331 g/mol. The van der Waals surface area contributed by atoms with Crippen LogP contribution in [-0.2, 0) is 9.59 Å². The van der Waals surface area contributed by atoms with Gasteiger partial charge in [-0.25, -0.2) is 0 Å². The molecule has 0 bridgehead atoms. The summed E-state index contributed by atoms with van der Waals surface area (Å²) < 4.78 is 5.26. The van der Waals surface area contributed by atoms with Crippen molar-refractivity contribution in [1.82, 2.24) is 4.90 Å². The first-order valence-electron chi connectivity index (χ1n) is 8.73. The molecule has 1 heterocycles. The first-order chi connectivity index (χ1) is 11.6. The van der Waals surface area contributed by atoms with Gasteiger partial charge in [0.05, 0.1) is 7.11 Å². The first-order valence-corrected chi connectivity index (χ1v) is 8.73. The standard InChI is InChI=1S/C19H25NO4/c1-24-15-6-2-5-14(10-15)16-11-17(16)19(23)20-9-3-4-13(12-20)7-8-18(21)22/h2,5-6,10,13,16-17H,3-4,7-9,11-12H2,1H3,(H,21,22)/t13-,16+,17+/m1/s1. The van der Waals surface area contributed by atoms with Gasteiger partial charge in [-0.2, -0.15) is 0 Å². The van der Waals surface area contributed by atoms with Crippen LogP contribution in [0.2, 0.25) is 0 Å². The fourth-order valence-corrected chi connectivity index (χ4v) is 3.77. The molecule has 2 fully saturated rings. The van der Waals surface area contributed by atoms with Crippen molar-refractivity contribution in [3.05, 3.63) is 29.8 Å². The molecule has 0 aromatic heterocycles. The number of benzene rings is 1. The number of methoxy groups -OCH3 is 1. The molecule has 0 spiro atoms. The molecule has 1 amide bonds. The predicted octanol–water partition coefficient (Wildman–Crippen LogP) is 2.90. The lowest BCUT2D eigenvalue weighted by Crippen LogP contribution is -2.41. The largest absolute Gasteiger partial charge is 0.497 e. The summed E-state index contributed by atoms with van der Waals surface area (Å²) in [7, 11) is 1.65. The van der Waals surface area contributed by atoms with Crippen molar-refractivity contribution in [2.24, 2.45) is 11.8 Å². The van der Waals surface area contributed by atoms with Crippen LogP contribution in [0.15, 0.2) is 24.3 Å². The van der Waals surface area contributed by atoms with Crippen molar-refractivity contribution in [1.29, 1.82) is 0 Å². The highest BCUT2D eigenvalue weighted by Gasteiger charge is 2.46. The quantitative estimate of drug-likeness (QED) is 0.870. The molecule has 1 aromatic carbocycles. The van der Waals surface area contributed by atoms with E-state index in [1.165, 1.54) is 5.56 Å². The van der Waals surface area contributed by atoms with Crippen molar-refractivity contribution in [3.8, 4) is 5.75 Å². The SMILES string of the molecule is COc1cccc([C@@H]2C[C@@H]2C(=O)N2CCC[C@H](CCC(=O)O)C2)c1. The van der Waals surface area contributed by atoms with Gasteiger partial charge in [-0.1, -0.05) is 12.1 Å². The minimum atomic E-state index is -0.751. The number of carboxylic acids is 1. The second kappa shape index (κ2) is 7.24. The molecule has 130 valence electrons. The Kier molecular flexibility index (Phi) is 5.07. The van der Waals surface area contributed by atoms with Gasteiger partial charge in [0.15, 0.2) is 0 Å². The second-order valence-corrected chi connectivity index (χ2v) is 6.95. The summed E-state index contributed by atoms with van der Waals surface area (Å²) in [6.45, 7) is 1.52. The zero-order valence-electron chi connectivity index (χ0n) is 14.1. The highest BCUT2D eigenvalue weighted by molar-refractivity contribution is 5.83. The Bertz CT molecular complexity index is 615. The van der Waals surface area contributed by atoms with Crippen molar-refractivity contribution < 1.29 is 19.4 Å². The lowest BCUT2D eigenvalue weighted by atomic mass is 9.93. The number of ether oxygens (including phenoxy) is 1. The molecule has 1 aliphatic carbocycles. The van der Waals surface area contributed by atoms with E-state index in [-0.39, 0.29) is 18.2 Å². The van der Waals surface area contributed by atoms with Gasteiger partial charge in [0.25, 0.3) is 0 Å². The molecule has 3 atom stereocenters. The normalized spacial score (nSPS) is 26.0. The smallest absolute Gasteiger partial charge is 0.303 e. The summed E-state index contributed by atoms with van der Waals surface area (Å²) in [4.78, 5) is 25.5. The van der Waals surface area contributed by atoms with Crippen LogP contribution in [0.25, 0.3) is 0 Å². The van der Waals surface area contributed by atoms with E-state index in [9.17, 15) is 9.59 Å². The van der Waals surface area contributed by atoms with E-state index >= 15 is 0 Å². The number of amides is 1. The molecule has 5 nitrogen and oxygen atoms in total. The molecule has 3 rings (SSSR count). The summed E-state index contributed by atoms with van der Waals surface area (Å²) >= 11 is 0. The maximum Gasteiger partial charge on any atom is 0.303 e. The molecule has 1 saturated carbocycles. The van der Waals surface area contributed by atoms with Crippen molar-refractivity contribution in [2.75, 3.05) is 20.2 Å². The minimum Gasteiger partial charge on any atom is -0.497 e. The van der Waals surface area contributed by atoms with Crippen LogP contribution in [0.4, 0.5) is 0 Å². The number of rotatable bonds is 6. The average Bonchev–Trinajstić information content (AvgIpc) is 3.40. The number of carbonyl (C=O) groups is 2. The number of piperidine rings is 1. The van der Waals surface area contributed by atoms with Gasteiger partial charge in [0.1, 0.15) is 5.75 Å². The minimum absolute atomic E-state index is 0.0790. The molecular formula is C19H25NO4. The molecular weight excluding hydrogens is 306 g/mol. The van der Waals surface area contributed by atoms with Gasteiger partial charge in [-0.15, -0.1) is 0 Å². The number of carboxylic acid groups (broad SMARTS) is 1. The molecule has 0 unspecified atom stereocenters. The van der Waals surface area contributed by atoms with Crippen LogP contribution >= 0.6 is 0 Å². The number of likely N-dealkylation sites (tertiary alicyclic amines) is 1. The Balaban J connectivity index is 1.56. The van der Waals surface area contributed by atoms with E-state index in [4.69, 9.17) is 9.84 Å². The molecule has 1 aliphatic heterocycles. The van der Waals surface area contributed by atoms with E-state index < -0.39 is 5.97 Å². The van der Waals surface area contributed by atoms with Gasteiger partial charge in [-0.3, -0.25) is 9.59 Å². The number of carbonyl (C=O) groups excluding carboxylic acids is 1. The van der Waals surface area contributed by atoms with Gasteiger partial charge in [-0.05, 0) is 55.2 Å². The van der Waals surface area contributed by atoms with E-state index in [2.05, 4.69) is 6.07 Å². The number of hydrogen-bond acceptors (Lipinski definition) is 3. The Morgan fingerprint density at radius 2 is 2.21 bits per heavy atom. The third kappa shape index (κ3) is 3.89. The summed E-state index contributed by atoms with van der Waals surface area (Å²) in [6.07, 6.45) is 3.78. The fraction of sp³-hybridized carbons (Fsp3) is 0.579. The van der Waals surface area contributed by atoms with Crippen LogP contribution in [-0.4, -0.2) is 42.1 Å². The van der Waals surface area contributed by atoms with Crippen LogP contribution < -0.4 is 4.74 Å². The van der Waals surface area contributed by atoms with Crippen molar-refractivity contribution >= 4 is 11.9 Å². The van der Waals surface area contributed by atoms with Crippen LogP contribution in [0.3, 0.4) is 0 Å². The van der Waals surface area contributed by atoms with Gasteiger partial charge in [0, 0.05) is 25.4 Å². The molecule has 1 aromatic rings. The van der Waals surface area contributed by atoms with Crippen LogP contribution in [0, 0.1) is 11.8 Å². The topological polar surface area (TPSA) is 66.8 Å². The Morgan fingerprint density at radius 3 is 2.96 bits per heavy atom. The zero-order chi connectivity index (χ0) is 17.1. The molecule has 0 radical (unpaired) electrons. The maximum atomic E-state index is 12.8. The fourth-order valence-electron chi connectivity index (χ4n) is 3.77. The number of nitrogens with zero attached hydrogens (tertiary/aromatic N) is 1. The maximum absolute atomic E-state index is 12.8. The first kappa shape index (κ1) is 16.8. The van der Waals surface area contributed by atoms with Gasteiger partial charge >= 0.3 is 5.97 Å². The Morgan fingerprint density at radius 1 is 1.38 bits per heavy atom. The third-order valence-electron chi connectivity index (χ3n) is 5.23. The van der Waals surface area contributed by atoms with E-state index in [1.54, 1.807) is 7.11 Å². The Hall–Kier alpha value is -2.04. The molecule has 5 heteroatoms. The number of hydrogen-bond donors (Lipinski definition) is 1. The molecule has 1 saturated heterocycles. The third-order valence-corrected chi connectivity index (χ3v) is 5.23. The van der Waals surface area contributed by atoms with Gasteiger partial charge in [0.2, 0.25) is 5.91 Å². The second-order valence-electron chi connectivity index (χ2n) is 6.95. The molecule has 1 N–H and O–H groups in total. The molecule has 2 aliphatic rings. The lowest BCUT2D eigenvalue weighted by Gasteiger charge is -2.33. The Labute approximate surface area is 142 Å². The summed E-state index contributed by atoms with van der Waals surface area (Å²) in [5.74, 6) is 1.02. The van der Waals surface area contributed by atoms with Crippen LogP contribution in [0.5, 0.6) is 5.75 Å². The van der Waals surface area contributed by atoms with E-state index in [0.29, 0.717) is 24.8 Å². The van der Waals surface area contributed by atoms with Crippen molar-refractivity contribution in [3.63, 3.8) is 0 Å². The van der Waals surface area contributed by atoms with Crippen LogP contribution in [0.1, 0.15) is 43.6 Å². The predicted molar refractivity (Wildman–Crippen MR) is 90.0 cm³/mol. The highest BCUT2D eigenvalue weighted by Crippen LogP contribution is 2.49. The number of aliphatic carboxylic acids is 1.